The van der Waals surface area contributed by atoms with E-state index in [1.807, 2.05) is 24.3 Å². The Balaban J connectivity index is 2.81. The SMILES string of the molecule is CCN(C)c1ccc(N)cc1. The molecule has 11 heavy (non-hydrogen) atoms. The maximum Gasteiger partial charge on any atom is 0.0365 e. The van der Waals surface area contributed by atoms with E-state index in [1.54, 1.807) is 0 Å². The van der Waals surface area contributed by atoms with Crippen LogP contribution in [0.2, 0.25) is 0 Å². The second-order valence-electron chi connectivity index (χ2n) is 2.61. The van der Waals surface area contributed by atoms with E-state index >= 15 is 0 Å². The fourth-order valence-electron chi connectivity index (χ4n) is 0.911. The Labute approximate surface area is 67.6 Å². The fourth-order valence-corrected chi connectivity index (χ4v) is 0.911. The van der Waals surface area contributed by atoms with Crippen molar-refractivity contribution in [1.82, 2.24) is 0 Å². The van der Waals surface area contributed by atoms with Gasteiger partial charge in [-0.2, -0.15) is 0 Å². The normalized spacial score (nSPS) is 9.64. The number of hydrogen-bond acceptors (Lipinski definition) is 2. The van der Waals surface area contributed by atoms with Crippen LogP contribution in [0, 0.1) is 0 Å². The highest BCUT2D eigenvalue weighted by Gasteiger charge is 1.94. The lowest BCUT2D eigenvalue weighted by atomic mass is 10.2. The van der Waals surface area contributed by atoms with Crippen molar-refractivity contribution in [3.63, 3.8) is 0 Å². The quantitative estimate of drug-likeness (QED) is 0.650. The number of anilines is 2. The van der Waals surface area contributed by atoms with Gasteiger partial charge in [-0.05, 0) is 31.2 Å². The minimum Gasteiger partial charge on any atom is -0.399 e. The monoisotopic (exact) mass is 150 g/mol. The predicted molar refractivity (Wildman–Crippen MR) is 49.8 cm³/mol. The molecule has 0 aromatic heterocycles. The summed E-state index contributed by atoms with van der Waals surface area (Å²) in [5.74, 6) is 0. The van der Waals surface area contributed by atoms with E-state index < -0.39 is 0 Å². The van der Waals surface area contributed by atoms with E-state index in [-0.39, 0.29) is 0 Å². The third-order valence-electron chi connectivity index (χ3n) is 1.81. The summed E-state index contributed by atoms with van der Waals surface area (Å²) in [5, 5.41) is 0. The summed E-state index contributed by atoms with van der Waals surface area (Å²) >= 11 is 0. The third-order valence-corrected chi connectivity index (χ3v) is 1.81. The minimum atomic E-state index is 0.818. The number of hydrogen-bond donors (Lipinski definition) is 1. The Morgan fingerprint density at radius 1 is 1.27 bits per heavy atom. The van der Waals surface area contributed by atoms with E-state index in [2.05, 4.69) is 18.9 Å². The summed E-state index contributed by atoms with van der Waals surface area (Å²) in [5.41, 5.74) is 7.58. The van der Waals surface area contributed by atoms with Crippen LogP contribution < -0.4 is 10.6 Å². The summed E-state index contributed by atoms with van der Waals surface area (Å²) in [7, 11) is 2.06. The van der Waals surface area contributed by atoms with Gasteiger partial charge in [-0.1, -0.05) is 0 Å². The van der Waals surface area contributed by atoms with Crippen LogP contribution in [-0.4, -0.2) is 13.6 Å². The number of nitrogens with two attached hydrogens (primary N) is 1. The maximum absolute atomic E-state index is 5.55. The number of nitrogens with zero attached hydrogens (tertiary/aromatic N) is 1. The molecule has 60 valence electrons. The van der Waals surface area contributed by atoms with Crippen LogP contribution >= 0.6 is 0 Å². The molecule has 1 rings (SSSR count). The molecule has 0 aliphatic carbocycles. The molecule has 1 aromatic carbocycles. The molecule has 0 amide bonds. The summed E-state index contributed by atoms with van der Waals surface area (Å²) in [6.45, 7) is 3.14. The van der Waals surface area contributed by atoms with E-state index in [0.29, 0.717) is 0 Å². The van der Waals surface area contributed by atoms with Gasteiger partial charge in [0.05, 0.1) is 0 Å². The molecule has 0 aliphatic heterocycles. The summed E-state index contributed by atoms with van der Waals surface area (Å²) in [6.07, 6.45) is 0. The van der Waals surface area contributed by atoms with Gasteiger partial charge in [-0.15, -0.1) is 0 Å². The zero-order valence-electron chi connectivity index (χ0n) is 7.04. The Morgan fingerprint density at radius 2 is 1.82 bits per heavy atom. The first-order chi connectivity index (χ1) is 5.24. The van der Waals surface area contributed by atoms with Gasteiger partial charge in [-0.3, -0.25) is 0 Å². The van der Waals surface area contributed by atoms with Crippen molar-refractivity contribution in [2.24, 2.45) is 0 Å². The van der Waals surface area contributed by atoms with Crippen LogP contribution in [0.5, 0.6) is 0 Å². The van der Waals surface area contributed by atoms with Crippen molar-refractivity contribution in [3.8, 4) is 0 Å². The molecule has 0 heterocycles. The van der Waals surface area contributed by atoms with Crippen LogP contribution in [0.15, 0.2) is 24.3 Å². The standard InChI is InChI=1S/C9H14N2/c1-3-11(2)9-6-4-8(10)5-7-9/h4-7H,3,10H2,1-2H3. The molecule has 0 fully saturated rings. The molecule has 0 radical (unpaired) electrons. The largest absolute Gasteiger partial charge is 0.399 e. The number of benzene rings is 1. The molecule has 1 aromatic rings. The molecule has 0 saturated carbocycles. The van der Waals surface area contributed by atoms with E-state index in [0.717, 1.165) is 12.2 Å². The summed E-state index contributed by atoms with van der Waals surface area (Å²) < 4.78 is 0. The van der Waals surface area contributed by atoms with E-state index in [1.165, 1.54) is 5.69 Å². The predicted octanol–water partition coefficient (Wildman–Crippen LogP) is 1.72. The lowest BCUT2D eigenvalue weighted by molar-refractivity contribution is 0.968. The van der Waals surface area contributed by atoms with Gasteiger partial charge in [0, 0.05) is 25.0 Å². The molecular formula is C9H14N2. The van der Waals surface area contributed by atoms with E-state index in [4.69, 9.17) is 5.73 Å². The summed E-state index contributed by atoms with van der Waals surface area (Å²) in [4.78, 5) is 2.17. The van der Waals surface area contributed by atoms with Gasteiger partial charge >= 0.3 is 0 Å². The van der Waals surface area contributed by atoms with Gasteiger partial charge in [0.25, 0.3) is 0 Å². The average molecular weight is 150 g/mol. The van der Waals surface area contributed by atoms with Gasteiger partial charge in [0.15, 0.2) is 0 Å². The minimum absolute atomic E-state index is 0.818. The molecule has 2 heteroatoms. The molecule has 0 spiro atoms. The van der Waals surface area contributed by atoms with Crippen molar-refractivity contribution < 1.29 is 0 Å². The average Bonchev–Trinajstić information content (AvgIpc) is 2.05. The Kier molecular flexibility index (Phi) is 2.36. The van der Waals surface area contributed by atoms with Crippen molar-refractivity contribution in [1.29, 1.82) is 0 Å². The Hall–Kier alpha value is -1.18. The molecule has 0 atom stereocenters. The second-order valence-corrected chi connectivity index (χ2v) is 2.61. The first kappa shape index (κ1) is 7.92. The lowest BCUT2D eigenvalue weighted by Crippen LogP contribution is -2.15. The fraction of sp³-hybridized carbons (Fsp3) is 0.333. The van der Waals surface area contributed by atoms with Crippen LogP contribution in [-0.2, 0) is 0 Å². The maximum atomic E-state index is 5.55. The van der Waals surface area contributed by atoms with Crippen LogP contribution in [0.1, 0.15) is 6.92 Å². The lowest BCUT2D eigenvalue weighted by Gasteiger charge is -2.16. The highest BCUT2D eigenvalue weighted by molar-refractivity contribution is 5.52. The zero-order chi connectivity index (χ0) is 8.27. The first-order valence-corrected chi connectivity index (χ1v) is 3.80. The Bertz CT molecular complexity index is 216. The van der Waals surface area contributed by atoms with Crippen molar-refractivity contribution in [2.45, 2.75) is 6.92 Å². The second kappa shape index (κ2) is 3.28. The third kappa shape index (κ3) is 1.87. The molecule has 0 saturated heterocycles. The first-order valence-electron chi connectivity index (χ1n) is 3.80. The van der Waals surface area contributed by atoms with Gasteiger partial charge in [-0.25, -0.2) is 0 Å². The molecule has 0 bridgehead atoms. The van der Waals surface area contributed by atoms with E-state index in [9.17, 15) is 0 Å². The molecule has 0 unspecified atom stereocenters. The smallest absolute Gasteiger partial charge is 0.0365 e. The molecular weight excluding hydrogens is 136 g/mol. The Morgan fingerprint density at radius 3 is 2.27 bits per heavy atom. The van der Waals surface area contributed by atoms with Crippen LogP contribution in [0.25, 0.3) is 0 Å². The van der Waals surface area contributed by atoms with Crippen molar-refractivity contribution in [3.05, 3.63) is 24.3 Å². The zero-order valence-corrected chi connectivity index (χ0v) is 7.04. The topological polar surface area (TPSA) is 29.3 Å². The van der Waals surface area contributed by atoms with Crippen LogP contribution in [0.4, 0.5) is 11.4 Å². The molecule has 2 N–H and O–H groups in total. The molecule has 0 aliphatic rings. The van der Waals surface area contributed by atoms with Crippen LogP contribution in [0.3, 0.4) is 0 Å². The van der Waals surface area contributed by atoms with Gasteiger partial charge in [0.2, 0.25) is 0 Å². The molecule has 2 nitrogen and oxygen atoms in total. The van der Waals surface area contributed by atoms with Crippen molar-refractivity contribution >= 4 is 11.4 Å². The van der Waals surface area contributed by atoms with Gasteiger partial charge in [0.1, 0.15) is 0 Å². The van der Waals surface area contributed by atoms with Crippen molar-refractivity contribution in [2.75, 3.05) is 24.2 Å². The van der Waals surface area contributed by atoms with Gasteiger partial charge < -0.3 is 10.6 Å². The number of nitrogen functional groups attached to an aromatic ring is 1. The number of rotatable bonds is 2. The highest BCUT2D eigenvalue weighted by Crippen LogP contribution is 2.13. The highest BCUT2D eigenvalue weighted by atomic mass is 15.1. The summed E-state index contributed by atoms with van der Waals surface area (Å²) in [6, 6.07) is 7.89.